The molecule has 4 unspecified atom stereocenters. The number of benzene rings is 1. The average molecular weight is 426 g/mol. The number of hydrogen-bond donors (Lipinski definition) is 7. The fourth-order valence-corrected chi connectivity index (χ4v) is 2.45. The summed E-state index contributed by atoms with van der Waals surface area (Å²) in [4.78, 5) is 47.7. The van der Waals surface area contributed by atoms with Crippen LogP contribution >= 0.6 is 12.6 Å². The average Bonchev–Trinajstić information content (AvgIpc) is 2.70. The van der Waals surface area contributed by atoms with Crippen LogP contribution in [0.4, 0.5) is 0 Å². The summed E-state index contributed by atoms with van der Waals surface area (Å²) in [7, 11) is 0. The Labute approximate surface area is 173 Å². The van der Waals surface area contributed by atoms with Gasteiger partial charge in [0.25, 0.3) is 0 Å². The Bertz CT molecular complexity index is 718. The van der Waals surface area contributed by atoms with Crippen molar-refractivity contribution in [3.8, 4) is 0 Å². The van der Waals surface area contributed by atoms with Gasteiger partial charge < -0.3 is 31.9 Å². The number of nitrogens with one attached hydrogen (secondary N) is 3. The lowest BCUT2D eigenvalue weighted by molar-refractivity contribution is -0.142. The van der Waals surface area contributed by atoms with Crippen LogP contribution in [0.5, 0.6) is 0 Å². The van der Waals surface area contributed by atoms with Gasteiger partial charge in [0, 0.05) is 12.2 Å². The monoisotopic (exact) mass is 426 g/mol. The highest BCUT2D eigenvalue weighted by Gasteiger charge is 2.28. The van der Waals surface area contributed by atoms with Crippen LogP contribution in [0, 0.1) is 0 Å². The number of aliphatic hydroxyl groups is 1. The zero-order valence-corrected chi connectivity index (χ0v) is 16.8. The minimum Gasteiger partial charge on any atom is -0.480 e. The third-order valence-electron chi connectivity index (χ3n) is 4.00. The number of carbonyl (C=O) groups excluding carboxylic acids is 3. The molecule has 0 radical (unpaired) electrons. The van der Waals surface area contributed by atoms with E-state index in [1.54, 1.807) is 30.3 Å². The first-order valence-electron chi connectivity index (χ1n) is 8.84. The van der Waals surface area contributed by atoms with Crippen LogP contribution in [0.15, 0.2) is 30.3 Å². The molecule has 10 nitrogen and oxygen atoms in total. The number of carbonyl (C=O) groups is 4. The summed E-state index contributed by atoms with van der Waals surface area (Å²) < 4.78 is 0. The summed E-state index contributed by atoms with van der Waals surface area (Å²) in [5.74, 6) is -3.38. The predicted molar refractivity (Wildman–Crippen MR) is 108 cm³/mol. The molecule has 0 spiro atoms. The Hall–Kier alpha value is -2.63. The number of carboxylic acid groups (broad SMARTS) is 1. The highest BCUT2D eigenvalue weighted by Crippen LogP contribution is 2.04. The number of carboxylic acids is 1. The summed E-state index contributed by atoms with van der Waals surface area (Å²) in [5.41, 5.74) is 6.20. The first-order valence-corrected chi connectivity index (χ1v) is 9.48. The molecule has 4 atom stereocenters. The van der Waals surface area contributed by atoms with Crippen LogP contribution in [-0.2, 0) is 25.6 Å². The van der Waals surface area contributed by atoms with Gasteiger partial charge in [0.1, 0.15) is 18.1 Å². The topological polar surface area (TPSA) is 171 Å². The summed E-state index contributed by atoms with van der Waals surface area (Å²) in [6.45, 7) is 0.617. The van der Waals surface area contributed by atoms with E-state index in [4.69, 9.17) is 5.73 Å². The maximum atomic E-state index is 12.3. The molecule has 7 N–H and O–H groups in total. The number of nitrogens with two attached hydrogens (primary N) is 1. The molecule has 1 rings (SSSR count). The van der Waals surface area contributed by atoms with Crippen molar-refractivity contribution in [3.63, 3.8) is 0 Å². The lowest BCUT2D eigenvalue weighted by Crippen LogP contribution is -2.57. The molecule has 0 aliphatic heterocycles. The Morgan fingerprint density at radius 3 is 2.10 bits per heavy atom. The Morgan fingerprint density at radius 2 is 1.59 bits per heavy atom. The van der Waals surface area contributed by atoms with E-state index >= 15 is 0 Å². The van der Waals surface area contributed by atoms with Crippen molar-refractivity contribution in [3.05, 3.63) is 35.9 Å². The lowest BCUT2D eigenvalue weighted by atomic mass is 10.1. The van der Waals surface area contributed by atoms with Crippen LogP contribution < -0.4 is 21.7 Å². The van der Waals surface area contributed by atoms with Gasteiger partial charge >= 0.3 is 5.97 Å². The Morgan fingerprint density at radius 1 is 1.00 bits per heavy atom. The number of aliphatic carboxylic acids is 1. The second-order valence-corrected chi connectivity index (χ2v) is 6.72. The standard InChI is InChI=1S/C18H26N4O6S/c1-10(20-16(25)12(19)9-29)15(24)22-14(8-23)17(26)21-13(18(27)28)7-11-5-3-2-4-6-11/h2-6,10,12-14,23,29H,7-9,19H2,1H3,(H,20,25)(H,21,26)(H,22,24)(H,27,28). The van der Waals surface area contributed by atoms with Crippen molar-refractivity contribution in [2.45, 2.75) is 37.5 Å². The highest BCUT2D eigenvalue weighted by molar-refractivity contribution is 7.80. The predicted octanol–water partition coefficient (Wildman–Crippen LogP) is -1.96. The number of hydrogen-bond acceptors (Lipinski definition) is 7. The normalized spacial score (nSPS) is 14.8. The van der Waals surface area contributed by atoms with Crippen LogP contribution in [0.25, 0.3) is 0 Å². The number of thiol groups is 1. The molecule has 0 aliphatic rings. The highest BCUT2D eigenvalue weighted by atomic mass is 32.1. The van der Waals surface area contributed by atoms with E-state index in [0.29, 0.717) is 5.56 Å². The summed E-state index contributed by atoms with van der Waals surface area (Å²) in [6, 6.07) is 4.11. The minimum absolute atomic E-state index is 0.0298. The van der Waals surface area contributed by atoms with Gasteiger partial charge in [-0.3, -0.25) is 14.4 Å². The molecule has 29 heavy (non-hydrogen) atoms. The third-order valence-corrected chi connectivity index (χ3v) is 4.39. The van der Waals surface area contributed by atoms with E-state index in [9.17, 15) is 29.4 Å². The van der Waals surface area contributed by atoms with Crippen LogP contribution in [0.1, 0.15) is 12.5 Å². The molecule has 0 saturated carbocycles. The fraction of sp³-hybridized carbons (Fsp3) is 0.444. The van der Waals surface area contributed by atoms with Gasteiger partial charge in [0.05, 0.1) is 12.6 Å². The van der Waals surface area contributed by atoms with Crippen molar-refractivity contribution >= 4 is 36.3 Å². The van der Waals surface area contributed by atoms with Gasteiger partial charge in [-0.15, -0.1) is 0 Å². The van der Waals surface area contributed by atoms with E-state index in [-0.39, 0.29) is 12.2 Å². The zero-order valence-electron chi connectivity index (χ0n) is 15.9. The van der Waals surface area contributed by atoms with E-state index in [1.807, 2.05) is 0 Å². The maximum absolute atomic E-state index is 12.3. The van der Waals surface area contributed by atoms with Gasteiger partial charge in [-0.1, -0.05) is 30.3 Å². The molecule has 1 aromatic carbocycles. The molecule has 0 saturated heterocycles. The molecule has 1 aromatic rings. The van der Waals surface area contributed by atoms with Gasteiger partial charge in [-0.05, 0) is 12.5 Å². The van der Waals surface area contributed by atoms with Crippen LogP contribution in [-0.4, -0.2) is 70.4 Å². The lowest BCUT2D eigenvalue weighted by Gasteiger charge is -2.22. The summed E-state index contributed by atoms with van der Waals surface area (Å²) in [6.07, 6.45) is 0.0298. The van der Waals surface area contributed by atoms with E-state index in [0.717, 1.165) is 0 Å². The van der Waals surface area contributed by atoms with Crippen molar-refractivity contribution < 1.29 is 29.4 Å². The van der Waals surface area contributed by atoms with E-state index < -0.39 is 54.5 Å². The van der Waals surface area contributed by atoms with Gasteiger partial charge in [0.2, 0.25) is 17.7 Å². The van der Waals surface area contributed by atoms with Crippen LogP contribution in [0.3, 0.4) is 0 Å². The second kappa shape index (κ2) is 12.0. The van der Waals surface area contributed by atoms with Gasteiger partial charge in [0.15, 0.2) is 0 Å². The maximum Gasteiger partial charge on any atom is 0.326 e. The number of rotatable bonds is 11. The van der Waals surface area contributed by atoms with Gasteiger partial charge in [-0.2, -0.15) is 12.6 Å². The van der Waals surface area contributed by atoms with E-state index in [2.05, 4.69) is 28.6 Å². The first-order chi connectivity index (χ1) is 13.7. The molecule has 0 aromatic heterocycles. The third kappa shape index (κ3) is 8.10. The smallest absolute Gasteiger partial charge is 0.326 e. The Kier molecular flexibility index (Phi) is 10.1. The summed E-state index contributed by atoms with van der Waals surface area (Å²) in [5, 5.41) is 25.7. The van der Waals surface area contributed by atoms with Crippen molar-refractivity contribution in [1.29, 1.82) is 0 Å². The molecule has 0 aliphatic carbocycles. The number of amides is 3. The summed E-state index contributed by atoms with van der Waals surface area (Å²) >= 11 is 3.89. The zero-order chi connectivity index (χ0) is 22.0. The van der Waals surface area contributed by atoms with Crippen molar-refractivity contribution in [2.75, 3.05) is 12.4 Å². The largest absolute Gasteiger partial charge is 0.480 e. The molecular formula is C18H26N4O6S. The molecule has 0 bridgehead atoms. The molecular weight excluding hydrogens is 400 g/mol. The van der Waals surface area contributed by atoms with Crippen molar-refractivity contribution in [2.24, 2.45) is 5.73 Å². The number of aliphatic hydroxyl groups excluding tert-OH is 1. The second-order valence-electron chi connectivity index (χ2n) is 6.35. The fourth-order valence-electron chi connectivity index (χ4n) is 2.28. The minimum atomic E-state index is -1.39. The molecule has 160 valence electrons. The SMILES string of the molecule is CC(NC(=O)C(N)CS)C(=O)NC(CO)C(=O)NC(Cc1ccccc1)C(=O)O. The first kappa shape index (κ1) is 24.4. The molecule has 11 heteroatoms. The molecule has 0 heterocycles. The van der Waals surface area contributed by atoms with E-state index in [1.165, 1.54) is 6.92 Å². The Balaban J connectivity index is 2.70. The molecule has 3 amide bonds. The van der Waals surface area contributed by atoms with Crippen molar-refractivity contribution in [1.82, 2.24) is 16.0 Å². The van der Waals surface area contributed by atoms with Gasteiger partial charge in [-0.25, -0.2) is 4.79 Å². The van der Waals surface area contributed by atoms with Crippen LogP contribution in [0.2, 0.25) is 0 Å². The quantitative estimate of drug-likeness (QED) is 0.201. The molecule has 0 fully saturated rings.